The van der Waals surface area contributed by atoms with Crippen LogP contribution in [-0.2, 0) is 9.59 Å². The molecule has 146 valence electrons. The van der Waals surface area contributed by atoms with Crippen LogP contribution in [0.3, 0.4) is 0 Å². The number of rotatable bonds is 7. The molecule has 1 saturated heterocycles. The van der Waals surface area contributed by atoms with Crippen LogP contribution in [0.4, 0.5) is 0 Å². The molecule has 2 unspecified atom stereocenters. The van der Waals surface area contributed by atoms with Gasteiger partial charge in [-0.05, 0) is 56.6 Å². The van der Waals surface area contributed by atoms with Crippen molar-refractivity contribution in [2.24, 2.45) is 0 Å². The van der Waals surface area contributed by atoms with Gasteiger partial charge in [0.15, 0.2) is 0 Å². The van der Waals surface area contributed by atoms with Gasteiger partial charge in [0.25, 0.3) is 5.91 Å². The van der Waals surface area contributed by atoms with Gasteiger partial charge in [0.1, 0.15) is 6.29 Å². The number of amides is 1. The fourth-order valence-electron chi connectivity index (χ4n) is 4.14. The number of nitrogens with zero attached hydrogens (tertiary/aromatic N) is 1. The van der Waals surface area contributed by atoms with Crippen molar-refractivity contribution in [1.82, 2.24) is 8.43 Å². The standard InChI is InChI=1S/C21H27IN2O3/c1-21(23-18(13-25)14-26)12-19(24(22)20(21)27)11-15-7-9-17(10-8-15)16-5-3-2-4-6-16/h2-3,5,7,9,13,18-19,23,26H,4,6,8,10-12,14H2,1H3/t18-,19?,21?/m1/s1. The highest BCUT2D eigenvalue weighted by Gasteiger charge is 2.48. The largest absolute Gasteiger partial charge is 0.394 e. The van der Waals surface area contributed by atoms with Gasteiger partial charge in [0, 0.05) is 6.04 Å². The Morgan fingerprint density at radius 1 is 1.33 bits per heavy atom. The van der Waals surface area contributed by atoms with Gasteiger partial charge in [0.05, 0.1) is 41.1 Å². The number of carbonyl (C=O) groups excluding carboxylic acids is 2. The lowest BCUT2D eigenvalue weighted by molar-refractivity contribution is -0.128. The maximum absolute atomic E-state index is 12.7. The summed E-state index contributed by atoms with van der Waals surface area (Å²) in [5.41, 5.74) is 3.43. The minimum absolute atomic E-state index is 0.0276. The summed E-state index contributed by atoms with van der Waals surface area (Å²) in [6.45, 7) is 1.52. The Hall–Kier alpha value is -1.25. The summed E-state index contributed by atoms with van der Waals surface area (Å²) in [5.74, 6) is -0.0276. The summed E-state index contributed by atoms with van der Waals surface area (Å²) in [4.78, 5) is 23.8. The molecule has 0 bridgehead atoms. The third kappa shape index (κ3) is 4.60. The topological polar surface area (TPSA) is 69.6 Å². The molecule has 5 nitrogen and oxygen atoms in total. The highest BCUT2D eigenvalue weighted by atomic mass is 127. The first-order valence-corrected chi connectivity index (χ1v) is 10.5. The number of nitrogens with one attached hydrogen (secondary N) is 1. The van der Waals surface area contributed by atoms with Gasteiger partial charge in [-0.1, -0.05) is 36.0 Å². The lowest BCUT2D eigenvalue weighted by atomic mass is 9.86. The first-order valence-electron chi connectivity index (χ1n) is 9.55. The number of hydrogen-bond acceptors (Lipinski definition) is 4. The predicted molar refractivity (Wildman–Crippen MR) is 114 cm³/mol. The molecule has 0 aromatic heterocycles. The van der Waals surface area contributed by atoms with Gasteiger partial charge < -0.3 is 9.90 Å². The van der Waals surface area contributed by atoms with Crippen LogP contribution in [0, 0.1) is 0 Å². The van der Waals surface area contributed by atoms with E-state index >= 15 is 0 Å². The predicted octanol–water partition coefficient (Wildman–Crippen LogP) is 3.16. The monoisotopic (exact) mass is 482 g/mol. The van der Waals surface area contributed by atoms with Crippen LogP contribution in [0.15, 0.2) is 47.1 Å². The molecule has 0 radical (unpaired) electrons. The van der Waals surface area contributed by atoms with E-state index in [1.54, 1.807) is 3.11 Å². The minimum atomic E-state index is -0.810. The second-order valence-electron chi connectivity index (χ2n) is 7.76. The van der Waals surface area contributed by atoms with E-state index in [0.717, 1.165) is 32.1 Å². The van der Waals surface area contributed by atoms with Crippen molar-refractivity contribution in [3.05, 3.63) is 47.1 Å². The highest BCUT2D eigenvalue weighted by molar-refractivity contribution is 14.1. The van der Waals surface area contributed by atoms with E-state index in [2.05, 4.69) is 58.6 Å². The molecule has 2 N–H and O–H groups in total. The fourth-order valence-corrected chi connectivity index (χ4v) is 5.06. The Kier molecular flexibility index (Phi) is 6.70. The van der Waals surface area contributed by atoms with E-state index in [1.807, 2.05) is 6.92 Å². The van der Waals surface area contributed by atoms with Gasteiger partial charge in [0.2, 0.25) is 0 Å². The summed E-state index contributed by atoms with van der Waals surface area (Å²) in [6, 6.07) is -0.612. The van der Waals surface area contributed by atoms with Gasteiger partial charge in [-0.3, -0.25) is 13.2 Å². The normalized spacial score (nSPS) is 29.3. The Morgan fingerprint density at radius 3 is 2.70 bits per heavy atom. The zero-order chi connectivity index (χ0) is 19.4. The van der Waals surface area contributed by atoms with E-state index in [-0.39, 0.29) is 18.6 Å². The number of carbonyl (C=O) groups is 2. The Bertz CT molecular complexity index is 725. The molecule has 0 aromatic carbocycles. The zero-order valence-corrected chi connectivity index (χ0v) is 17.8. The average molecular weight is 482 g/mol. The van der Waals surface area contributed by atoms with Crippen molar-refractivity contribution in [2.45, 2.75) is 63.1 Å². The molecule has 0 saturated carbocycles. The van der Waals surface area contributed by atoms with Crippen molar-refractivity contribution in [3.63, 3.8) is 0 Å². The molecule has 3 atom stereocenters. The van der Waals surface area contributed by atoms with Gasteiger partial charge >= 0.3 is 0 Å². The Morgan fingerprint density at radius 2 is 2.11 bits per heavy atom. The minimum Gasteiger partial charge on any atom is -0.394 e. The van der Waals surface area contributed by atoms with Gasteiger partial charge in [-0.2, -0.15) is 0 Å². The third-order valence-electron chi connectivity index (χ3n) is 5.66. The molecular formula is C21H27IN2O3. The number of aldehydes is 1. The molecule has 2 aliphatic carbocycles. The number of allylic oxidation sites excluding steroid dienone is 7. The second kappa shape index (κ2) is 8.84. The molecule has 3 rings (SSSR count). The van der Waals surface area contributed by atoms with Crippen molar-refractivity contribution in [2.75, 3.05) is 6.61 Å². The SMILES string of the molecule is CC1(N[C@H](C=O)CO)CC(CC2=CC=C(C3=CC=CCC3)CC2)N(I)C1=O. The van der Waals surface area contributed by atoms with Crippen LogP contribution in [0.5, 0.6) is 0 Å². The molecule has 0 spiro atoms. The average Bonchev–Trinajstić information content (AvgIpc) is 2.91. The Balaban J connectivity index is 1.66. The van der Waals surface area contributed by atoms with E-state index in [0.29, 0.717) is 12.7 Å². The molecule has 1 fully saturated rings. The van der Waals surface area contributed by atoms with Crippen molar-refractivity contribution in [1.29, 1.82) is 0 Å². The number of aliphatic hydroxyl groups excluding tert-OH is 1. The molecule has 1 amide bonds. The molecule has 27 heavy (non-hydrogen) atoms. The molecule has 0 aromatic rings. The summed E-state index contributed by atoms with van der Waals surface area (Å²) < 4.78 is 1.76. The summed E-state index contributed by atoms with van der Waals surface area (Å²) in [6.07, 6.45) is 17.5. The number of aliphatic hydroxyl groups is 1. The van der Waals surface area contributed by atoms with Crippen LogP contribution < -0.4 is 5.32 Å². The first kappa shape index (κ1) is 20.5. The molecule has 3 aliphatic rings. The van der Waals surface area contributed by atoms with Crippen LogP contribution in [-0.4, -0.2) is 44.6 Å². The molecule has 1 aliphatic heterocycles. The first-order chi connectivity index (χ1) is 13.0. The molecule has 1 heterocycles. The van der Waals surface area contributed by atoms with Crippen LogP contribution in [0.25, 0.3) is 0 Å². The molecule has 6 heteroatoms. The Labute approximate surface area is 174 Å². The van der Waals surface area contributed by atoms with Crippen LogP contribution in [0.1, 0.15) is 45.4 Å². The van der Waals surface area contributed by atoms with E-state index < -0.39 is 11.6 Å². The van der Waals surface area contributed by atoms with Crippen LogP contribution >= 0.6 is 22.9 Å². The van der Waals surface area contributed by atoms with Gasteiger partial charge in [-0.25, -0.2) is 0 Å². The smallest absolute Gasteiger partial charge is 0.251 e. The van der Waals surface area contributed by atoms with Gasteiger partial charge in [-0.15, -0.1) is 0 Å². The van der Waals surface area contributed by atoms with E-state index in [1.165, 1.54) is 16.7 Å². The van der Waals surface area contributed by atoms with Crippen molar-refractivity contribution in [3.8, 4) is 0 Å². The lowest BCUT2D eigenvalue weighted by Gasteiger charge is -2.26. The summed E-state index contributed by atoms with van der Waals surface area (Å²) >= 11 is 2.09. The summed E-state index contributed by atoms with van der Waals surface area (Å²) in [5, 5.41) is 12.3. The zero-order valence-electron chi connectivity index (χ0n) is 15.7. The second-order valence-corrected chi connectivity index (χ2v) is 8.80. The number of hydrogen-bond donors (Lipinski definition) is 2. The number of halogens is 1. The van der Waals surface area contributed by atoms with Crippen molar-refractivity contribution < 1.29 is 14.7 Å². The summed E-state index contributed by atoms with van der Waals surface area (Å²) in [7, 11) is 0. The maximum Gasteiger partial charge on any atom is 0.251 e. The highest BCUT2D eigenvalue weighted by Crippen LogP contribution is 2.37. The van der Waals surface area contributed by atoms with Crippen molar-refractivity contribution >= 4 is 35.1 Å². The third-order valence-corrected chi connectivity index (χ3v) is 6.88. The quantitative estimate of drug-likeness (QED) is 0.333. The van der Waals surface area contributed by atoms with E-state index in [4.69, 9.17) is 0 Å². The maximum atomic E-state index is 12.7. The van der Waals surface area contributed by atoms with Crippen LogP contribution in [0.2, 0.25) is 0 Å². The van der Waals surface area contributed by atoms with E-state index in [9.17, 15) is 14.7 Å². The lowest BCUT2D eigenvalue weighted by Crippen LogP contribution is -2.54. The fraction of sp³-hybridized carbons (Fsp3) is 0.524. The molecular weight excluding hydrogens is 455 g/mol.